The van der Waals surface area contributed by atoms with E-state index >= 15 is 0 Å². The van der Waals surface area contributed by atoms with Gasteiger partial charge >= 0.3 is 23.6 Å². The molecule has 3 unspecified atom stereocenters. The van der Waals surface area contributed by atoms with Crippen molar-refractivity contribution in [2.75, 3.05) is 37.7 Å². The van der Waals surface area contributed by atoms with Gasteiger partial charge in [0.2, 0.25) is 5.91 Å². The lowest BCUT2D eigenvalue weighted by Gasteiger charge is -2.31. The number of carbonyl (C=O) groups excluding carboxylic acids is 5. The smallest absolute Gasteiger partial charge is 0.427 e. The number of para-hydroxylation sites is 2. The number of rotatable bonds is 21. The molecule has 0 bridgehead atoms. The van der Waals surface area contributed by atoms with E-state index < -0.39 is 41.9 Å². The summed E-state index contributed by atoms with van der Waals surface area (Å²) in [5.74, 6) is -2.45. The van der Waals surface area contributed by atoms with E-state index in [-0.39, 0.29) is 65.3 Å². The van der Waals surface area contributed by atoms with Crippen LogP contribution < -0.4 is 30.1 Å². The summed E-state index contributed by atoms with van der Waals surface area (Å²) in [5.41, 5.74) is -1.72. The average Bonchev–Trinajstić information content (AvgIpc) is 3.60. The number of allylic oxidation sites excluding steroid dienone is 1. The Kier molecular flexibility index (Phi) is 16.1. The van der Waals surface area contributed by atoms with E-state index in [9.17, 15) is 29.1 Å². The molecule has 1 fully saturated rings. The van der Waals surface area contributed by atoms with Gasteiger partial charge in [-0.1, -0.05) is 64.4 Å². The third-order valence-corrected chi connectivity index (χ3v) is 10.1. The monoisotopic (exact) mass is 799 g/mol. The second-order valence-electron chi connectivity index (χ2n) is 13.9. The van der Waals surface area contributed by atoms with Gasteiger partial charge in [0.1, 0.15) is 22.6 Å². The first-order chi connectivity index (χ1) is 26.2. The summed E-state index contributed by atoms with van der Waals surface area (Å²) in [6.07, 6.45) is 2.65. The molecule has 55 heavy (non-hydrogen) atoms. The molecule has 2 aromatic rings. The highest BCUT2D eigenvalue weighted by molar-refractivity contribution is 8.76. The van der Waals surface area contributed by atoms with Crippen LogP contribution in [0.25, 0.3) is 0 Å². The summed E-state index contributed by atoms with van der Waals surface area (Å²) in [7, 11) is 3.30. The fourth-order valence-electron chi connectivity index (χ4n) is 4.75. The summed E-state index contributed by atoms with van der Waals surface area (Å²) in [5, 5.41) is 18.8. The largest absolute Gasteiger partial charge is 0.448 e. The molecule has 2 aliphatic rings. The molecule has 2 aromatic carbocycles. The Balaban J connectivity index is 1.22. The van der Waals surface area contributed by atoms with E-state index in [0.717, 1.165) is 12.3 Å². The molecule has 2 amide bonds. The lowest BCUT2D eigenvalue weighted by atomic mass is 9.86. The van der Waals surface area contributed by atoms with Crippen LogP contribution in [-0.4, -0.2) is 109 Å². The quantitative estimate of drug-likeness (QED) is 0.0358. The molecule has 0 spiro atoms. The average molecular weight is 800 g/mol. The molecule has 2 aliphatic heterocycles. The van der Waals surface area contributed by atoms with E-state index in [1.54, 1.807) is 39.8 Å². The maximum absolute atomic E-state index is 13.5. The van der Waals surface area contributed by atoms with Crippen LogP contribution in [0.2, 0.25) is 0 Å². The van der Waals surface area contributed by atoms with Crippen LogP contribution in [-0.2, 0) is 28.6 Å². The van der Waals surface area contributed by atoms with Crippen molar-refractivity contribution in [3.05, 3.63) is 71.8 Å². The van der Waals surface area contributed by atoms with E-state index in [4.69, 9.17) is 23.7 Å². The molecule has 1 saturated heterocycles. The number of hydrogen-bond donors (Lipinski definition) is 4. The van der Waals surface area contributed by atoms with E-state index in [1.165, 1.54) is 62.5 Å². The molecule has 2 heterocycles. The molecule has 0 saturated carbocycles. The zero-order chi connectivity index (χ0) is 40.0. The Morgan fingerprint density at radius 2 is 1.45 bits per heavy atom. The SMILES string of the molecule is CC(C)(C)OC1OC1NCCSSCCNC(=O)CCNC(=O)C(OC(=O)c1ccccc1OC(=O)c1ccccc1OC(=O)C1=[N+]=CC=C1)C(C)(C)CO. The minimum Gasteiger partial charge on any atom is -0.448 e. The van der Waals surface area contributed by atoms with Crippen molar-refractivity contribution in [3.63, 3.8) is 0 Å². The number of amides is 2. The molecule has 0 radical (unpaired) electrons. The third kappa shape index (κ3) is 14.0. The normalized spacial score (nSPS) is 16.5. The van der Waals surface area contributed by atoms with Crippen molar-refractivity contribution in [1.82, 2.24) is 20.6 Å². The van der Waals surface area contributed by atoms with Gasteiger partial charge in [-0.3, -0.25) is 14.9 Å². The summed E-state index contributed by atoms with van der Waals surface area (Å²) >= 11 is 0. The standard InChI is InChI=1S/C38H46N4O11S2/c1-37(2,3)53-36-32(52-36)42-20-22-55-54-21-19-40-29(44)16-18-41-31(45)30(38(4,5)23-43)51-34(47)25-12-7-8-14-27(25)49-33(46)24-11-6-9-15-28(24)50-35(48)26-13-10-17-39-26/h6-15,17,30,32,36,42-43H,16,18-23H2,1-5H3,(H-,40,41,44,45)/p+1. The van der Waals surface area contributed by atoms with Crippen LogP contribution in [0.15, 0.2) is 60.7 Å². The van der Waals surface area contributed by atoms with Gasteiger partial charge in [0, 0.05) is 55.1 Å². The molecular weight excluding hydrogens is 753 g/mol. The minimum atomic E-state index is -1.48. The maximum atomic E-state index is 13.5. The van der Waals surface area contributed by atoms with Crippen molar-refractivity contribution < 1.29 is 52.8 Å². The van der Waals surface area contributed by atoms with Gasteiger partial charge in [-0.25, -0.2) is 14.4 Å². The Bertz CT molecular complexity index is 1800. The molecule has 4 N–H and O–H groups in total. The summed E-state index contributed by atoms with van der Waals surface area (Å²) < 4.78 is 31.6. The first-order valence-electron chi connectivity index (χ1n) is 17.6. The zero-order valence-corrected chi connectivity index (χ0v) is 33.0. The molecule has 296 valence electrons. The molecule has 0 aliphatic carbocycles. The number of aliphatic hydroxyl groups excluding tert-OH is 1. The minimum absolute atomic E-state index is 0.0221. The number of epoxide rings is 1. The molecule has 15 nitrogen and oxygen atoms in total. The molecular formula is C38H47N4O11S2+. The van der Waals surface area contributed by atoms with Crippen molar-refractivity contribution in [2.45, 2.75) is 65.3 Å². The summed E-state index contributed by atoms with van der Waals surface area (Å²) in [6, 6.07) is 11.7. The Morgan fingerprint density at radius 1 is 0.836 bits per heavy atom. The number of ether oxygens (including phenoxy) is 5. The first-order valence-corrected chi connectivity index (χ1v) is 20.0. The number of nitrogens with one attached hydrogen (secondary N) is 3. The van der Waals surface area contributed by atoms with E-state index in [1.807, 2.05) is 20.8 Å². The third-order valence-electron chi connectivity index (χ3n) is 7.66. The van der Waals surface area contributed by atoms with Gasteiger partial charge in [0.25, 0.3) is 12.1 Å². The van der Waals surface area contributed by atoms with E-state index in [0.29, 0.717) is 12.3 Å². The Labute approximate surface area is 327 Å². The highest BCUT2D eigenvalue weighted by atomic mass is 33.1. The predicted octanol–water partition coefficient (Wildman–Crippen LogP) is 2.59. The van der Waals surface area contributed by atoms with Crippen LogP contribution in [0.4, 0.5) is 0 Å². The van der Waals surface area contributed by atoms with Crippen molar-refractivity contribution in [1.29, 1.82) is 0 Å². The van der Waals surface area contributed by atoms with Gasteiger partial charge in [0.05, 0.1) is 12.2 Å². The van der Waals surface area contributed by atoms with Crippen LogP contribution in [0.1, 0.15) is 61.8 Å². The second kappa shape index (κ2) is 20.4. The van der Waals surface area contributed by atoms with Gasteiger partial charge in [-0.05, 0) is 45.0 Å². The first kappa shape index (κ1) is 43.3. The van der Waals surface area contributed by atoms with Gasteiger partial charge < -0.3 is 39.4 Å². The number of carbonyl (C=O) groups is 5. The molecule has 0 aromatic heterocycles. The fraction of sp³-hybridized carbons (Fsp3) is 0.447. The van der Waals surface area contributed by atoms with Crippen LogP contribution in [0.5, 0.6) is 11.5 Å². The Hall–Kier alpha value is -4.48. The summed E-state index contributed by atoms with van der Waals surface area (Å²) in [4.78, 5) is 64.9. The predicted molar refractivity (Wildman–Crippen MR) is 209 cm³/mol. The van der Waals surface area contributed by atoms with Crippen LogP contribution in [0, 0.1) is 5.41 Å². The molecule has 3 atom stereocenters. The highest BCUT2D eigenvalue weighted by Crippen LogP contribution is 2.29. The van der Waals surface area contributed by atoms with Crippen molar-refractivity contribution in [2.24, 2.45) is 5.41 Å². The lowest BCUT2D eigenvalue weighted by molar-refractivity contribution is -0.138. The fourth-order valence-corrected chi connectivity index (χ4v) is 6.58. The zero-order valence-electron chi connectivity index (χ0n) is 31.3. The van der Waals surface area contributed by atoms with Gasteiger partial charge in [0.15, 0.2) is 18.6 Å². The van der Waals surface area contributed by atoms with Gasteiger partial charge in [-0.2, -0.15) is 0 Å². The number of hydrogen-bond acceptors (Lipinski definition) is 14. The second-order valence-corrected chi connectivity index (χ2v) is 16.6. The van der Waals surface area contributed by atoms with Crippen molar-refractivity contribution in [3.8, 4) is 11.5 Å². The van der Waals surface area contributed by atoms with Crippen LogP contribution >= 0.6 is 21.6 Å². The number of esters is 3. The number of nitrogens with zero attached hydrogens (tertiary/aromatic N) is 1. The highest BCUT2D eigenvalue weighted by Gasteiger charge is 2.42. The maximum Gasteiger partial charge on any atom is 0.427 e. The summed E-state index contributed by atoms with van der Waals surface area (Å²) in [6.45, 7) is 9.65. The molecule has 17 heteroatoms. The molecule has 4 rings (SSSR count). The Morgan fingerprint density at radius 3 is 2.07 bits per heavy atom. The number of aliphatic hydroxyl groups is 1. The number of benzene rings is 2. The topological polar surface area (TPSA) is 205 Å². The lowest BCUT2D eigenvalue weighted by Crippen LogP contribution is -2.48. The van der Waals surface area contributed by atoms with Gasteiger partial charge in [-0.15, -0.1) is 0 Å². The van der Waals surface area contributed by atoms with Crippen molar-refractivity contribution >= 4 is 63.2 Å². The van der Waals surface area contributed by atoms with E-state index in [2.05, 4.69) is 20.6 Å². The van der Waals surface area contributed by atoms with Crippen LogP contribution in [0.3, 0.4) is 0 Å².